The van der Waals surface area contributed by atoms with Gasteiger partial charge < -0.3 is 9.84 Å². The van der Waals surface area contributed by atoms with E-state index in [0.717, 1.165) is 0 Å². The fourth-order valence-electron chi connectivity index (χ4n) is 1.59. The third kappa shape index (κ3) is 0.921. The zero-order chi connectivity index (χ0) is 8.06. The highest BCUT2D eigenvalue weighted by atomic mass is 16.5. The van der Waals surface area contributed by atoms with Crippen LogP contribution in [0.5, 0.6) is 0 Å². The Morgan fingerprint density at radius 2 is 2.55 bits per heavy atom. The lowest BCUT2D eigenvalue weighted by Crippen LogP contribution is -2.45. The van der Waals surface area contributed by atoms with Crippen LogP contribution >= 0.6 is 0 Å². The molecule has 0 amide bonds. The Hall–Kier alpha value is -0.670. The number of fused-ring (bicyclic) bond motifs is 2. The summed E-state index contributed by atoms with van der Waals surface area (Å²) in [6.07, 6.45) is 2.56. The standard InChI is InChI=1S/C8H10O3/c1-8-3-2-6(11-8)7(10)5(9)4-8/h2-3,6-7,10H,4H2,1H3/t6-,7+,8+/m0/s1. The van der Waals surface area contributed by atoms with Gasteiger partial charge in [-0.1, -0.05) is 12.2 Å². The van der Waals surface area contributed by atoms with Gasteiger partial charge in [0.2, 0.25) is 0 Å². The van der Waals surface area contributed by atoms with Crippen LogP contribution in [0.4, 0.5) is 0 Å². The molecule has 3 heteroatoms. The van der Waals surface area contributed by atoms with Crippen molar-refractivity contribution in [2.75, 3.05) is 0 Å². The van der Waals surface area contributed by atoms with Crippen molar-refractivity contribution < 1.29 is 14.6 Å². The molecule has 2 aliphatic rings. The summed E-state index contributed by atoms with van der Waals surface area (Å²) in [7, 11) is 0. The van der Waals surface area contributed by atoms with Crippen LogP contribution < -0.4 is 0 Å². The maximum absolute atomic E-state index is 11.1. The van der Waals surface area contributed by atoms with Gasteiger partial charge in [0.05, 0.1) is 5.60 Å². The molecule has 2 rings (SSSR count). The van der Waals surface area contributed by atoms with Gasteiger partial charge in [-0.25, -0.2) is 0 Å². The van der Waals surface area contributed by atoms with Crippen molar-refractivity contribution in [1.29, 1.82) is 0 Å². The minimum Gasteiger partial charge on any atom is -0.382 e. The molecule has 11 heavy (non-hydrogen) atoms. The van der Waals surface area contributed by atoms with Crippen LogP contribution in [0.15, 0.2) is 12.2 Å². The summed E-state index contributed by atoms with van der Waals surface area (Å²) in [4.78, 5) is 11.1. The highest BCUT2D eigenvalue weighted by Crippen LogP contribution is 2.33. The molecule has 1 saturated heterocycles. The van der Waals surface area contributed by atoms with Crippen LogP contribution in [-0.4, -0.2) is 28.7 Å². The monoisotopic (exact) mass is 154 g/mol. The molecule has 0 saturated carbocycles. The van der Waals surface area contributed by atoms with Crippen molar-refractivity contribution in [2.24, 2.45) is 0 Å². The average molecular weight is 154 g/mol. The SMILES string of the molecule is C[C@]12C=C[C@H](O1)[C@H](O)C(=O)C2. The summed E-state index contributed by atoms with van der Waals surface area (Å²) in [6.45, 7) is 1.85. The van der Waals surface area contributed by atoms with Crippen molar-refractivity contribution in [2.45, 2.75) is 31.2 Å². The van der Waals surface area contributed by atoms with Crippen molar-refractivity contribution in [3.05, 3.63) is 12.2 Å². The molecule has 3 atom stereocenters. The summed E-state index contributed by atoms with van der Waals surface area (Å²) in [5.74, 6) is -0.117. The number of carbonyl (C=O) groups is 1. The van der Waals surface area contributed by atoms with Gasteiger partial charge in [0.25, 0.3) is 0 Å². The molecule has 0 aromatic rings. The number of aliphatic hydroxyl groups is 1. The van der Waals surface area contributed by atoms with E-state index < -0.39 is 17.8 Å². The number of carbonyl (C=O) groups excluding carboxylic acids is 1. The van der Waals surface area contributed by atoms with E-state index in [1.165, 1.54) is 0 Å². The van der Waals surface area contributed by atoms with E-state index in [-0.39, 0.29) is 5.78 Å². The van der Waals surface area contributed by atoms with Crippen LogP contribution in [0.3, 0.4) is 0 Å². The Balaban J connectivity index is 2.30. The first kappa shape index (κ1) is 7.00. The van der Waals surface area contributed by atoms with Gasteiger partial charge in [-0.3, -0.25) is 4.79 Å². The second-order valence-corrected chi connectivity index (χ2v) is 3.34. The van der Waals surface area contributed by atoms with Crippen LogP contribution in [0.1, 0.15) is 13.3 Å². The number of Topliss-reactive ketones (excluding diaryl/α,β-unsaturated/α-hetero) is 1. The molecular formula is C8H10O3. The van der Waals surface area contributed by atoms with Gasteiger partial charge in [-0.2, -0.15) is 0 Å². The number of ketones is 1. The highest BCUT2D eigenvalue weighted by Gasteiger charge is 2.44. The van der Waals surface area contributed by atoms with Gasteiger partial charge in [0.15, 0.2) is 5.78 Å². The van der Waals surface area contributed by atoms with Crippen LogP contribution in [0, 0.1) is 0 Å². The van der Waals surface area contributed by atoms with Crippen molar-refractivity contribution in [3.63, 3.8) is 0 Å². The fourth-order valence-corrected chi connectivity index (χ4v) is 1.59. The molecule has 0 radical (unpaired) electrons. The Morgan fingerprint density at radius 1 is 1.82 bits per heavy atom. The quantitative estimate of drug-likeness (QED) is 0.501. The van der Waals surface area contributed by atoms with Gasteiger partial charge in [-0.05, 0) is 6.92 Å². The van der Waals surface area contributed by atoms with E-state index >= 15 is 0 Å². The van der Waals surface area contributed by atoms with Gasteiger partial charge in [0, 0.05) is 6.42 Å². The Morgan fingerprint density at radius 3 is 3.27 bits per heavy atom. The molecule has 0 spiro atoms. The third-order valence-electron chi connectivity index (χ3n) is 2.21. The first-order chi connectivity index (χ1) is 5.11. The third-order valence-corrected chi connectivity index (χ3v) is 2.21. The van der Waals surface area contributed by atoms with Crippen LogP contribution in [0.2, 0.25) is 0 Å². The van der Waals surface area contributed by atoms with E-state index in [9.17, 15) is 9.90 Å². The number of aliphatic hydroxyl groups excluding tert-OH is 1. The maximum atomic E-state index is 11.1. The van der Waals surface area contributed by atoms with Gasteiger partial charge >= 0.3 is 0 Å². The summed E-state index contributed by atoms with van der Waals surface area (Å²) in [6, 6.07) is 0. The second kappa shape index (κ2) is 1.93. The number of ether oxygens (including phenoxy) is 1. The molecule has 0 aliphatic carbocycles. The molecule has 2 heterocycles. The Labute approximate surface area is 64.7 Å². The lowest BCUT2D eigenvalue weighted by Gasteiger charge is -2.31. The molecule has 0 unspecified atom stereocenters. The lowest BCUT2D eigenvalue weighted by molar-refractivity contribution is -0.155. The number of hydrogen-bond acceptors (Lipinski definition) is 3. The van der Waals surface area contributed by atoms with Gasteiger partial charge in [0.1, 0.15) is 12.2 Å². The van der Waals surface area contributed by atoms with Crippen LogP contribution in [-0.2, 0) is 9.53 Å². The predicted molar refractivity (Wildman–Crippen MR) is 38.0 cm³/mol. The molecule has 1 fully saturated rings. The lowest BCUT2D eigenvalue weighted by atomic mass is 9.96. The topological polar surface area (TPSA) is 46.5 Å². The minimum absolute atomic E-state index is 0.117. The van der Waals surface area contributed by atoms with Crippen molar-refractivity contribution in [1.82, 2.24) is 0 Å². The van der Waals surface area contributed by atoms with Crippen molar-refractivity contribution in [3.8, 4) is 0 Å². The summed E-state index contributed by atoms with van der Waals surface area (Å²) < 4.78 is 5.39. The van der Waals surface area contributed by atoms with Crippen molar-refractivity contribution >= 4 is 5.78 Å². The largest absolute Gasteiger partial charge is 0.382 e. The van der Waals surface area contributed by atoms with E-state index in [4.69, 9.17) is 4.74 Å². The van der Waals surface area contributed by atoms with E-state index in [0.29, 0.717) is 6.42 Å². The van der Waals surface area contributed by atoms with Crippen LogP contribution in [0.25, 0.3) is 0 Å². The highest BCUT2D eigenvalue weighted by molar-refractivity contribution is 5.86. The smallest absolute Gasteiger partial charge is 0.167 e. The second-order valence-electron chi connectivity index (χ2n) is 3.34. The van der Waals surface area contributed by atoms with Gasteiger partial charge in [-0.15, -0.1) is 0 Å². The zero-order valence-corrected chi connectivity index (χ0v) is 6.28. The molecule has 2 aliphatic heterocycles. The number of hydrogen-bond donors (Lipinski definition) is 1. The normalized spacial score (nSPS) is 48.4. The first-order valence-corrected chi connectivity index (χ1v) is 3.69. The summed E-state index contributed by atoms with van der Waals surface area (Å²) in [5.41, 5.74) is -0.443. The first-order valence-electron chi connectivity index (χ1n) is 3.69. The molecule has 1 N–H and O–H groups in total. The molecule has 0 aromatic heterocycles. The van der Waals surface area contributed by atoms with E-state index in [1.807, 2.05) is 13.0 Å². The average Bonchev–Trinajstić information content (AvgIpc) is 2.25. The molecule has 2 bridgehead atoms. The Bertz CT molecular complexity index is 233. The maximum Gasteiger partial charge on any atom is 0.167 e. The van der Waals surface area contributed by atoms with E-state index in [2.05, 4.69) is 0 Å². The minimum atomic E-state index is -0.943. The predicted octanol–water partition coefficient (Wildman–Crippen LogP) is 0.0338. The molecule has 0 aromatic carbocycles. The summed E-state index contributed by atoms with van der Waals surface area (Å²) >= 11 is 0. The Kier molecular flexibility index (Phi) is 1.23. The number of rotatable bonds is 0. The molecule has 3 nitrogen and oxygen atoms in total. The zero-order valence-electron chi connectivity index (χ0n) is 6.28. The molecular weight excluding hydrogens is 144 g/mol. The van der Waals surface area contributed by atoms with E-state index in [1.54, 1.807) is 6.08 Å². The summed E-state index contributed by atoms with van der Waals surface area (Å²) in [5, 5.41) is 9.25. The fraction of sp³-hybridized carbons (Fsp3) is 0.625. The molecule has 60 valence electrons.